The zero-order chi connectivity index (χ0) is 13.8. The Bertz CT molecular complexity index is 542. The summed E-state index contributed by atoms with van der Waals surface area (Å²) in [5.74, 6) is -0.829. The van der Waals surface area contributed by atoms with Crippen LogP contribution >= 0.6 is 22.6 Å². The van der Waals surface area contributed by atoms with Crippen LogP contribution in [0, 0.1) is 10.5 Å². The number of halogens is 1. The van der Waals surface area contributed by atoms with Crippen LogP contribution in [-0.4, -0.2) is 27.2 Å². The molecule has 0 aliphatic carbocycles. The average molecular weight is 383 g/mol. The van der Waals surface area contributed by atoms with Gasteiger partial charge in [-0.2, -0.15) is 0 Å². The fraction of sp³-hybridized carbons (Fsp3) is 0.364. The number of sulfonamides is 1. The summed E-state index contributed by atoms with van der Waals surface area (Å²) in [5.41, 5.74) is 1.36. The van der Waals surface area contributed by atoms with Crippen molar-refractivity contribution in [3.63, 3.8) is 0 Å². The number of esters is 1. The number of anilines is 1. The molecule has 0 saturated heterocycles. The highest BCUT2D eigenvalue weighted by atomic mass is 127. The summed E-state index contributed by atoms with van der Waals surface area (Å²) in [5, 5.41) is 0. The van der Waals surface area contributed by atoms with E-state index in [1.165, 1.54) is 7.11 Å². The highest BCUT2D eigenvalue weighted by Crippen LogP contribution is 2.19. The standard InChI is InChI=1S/C11H14INO4S/c1-8-3-4-9(12)7-10(8)13-18(15,16)6-5-11(14)17-2/h3-4,7,13H,5-6H2,1-2H3. The molecule has 1 aromatic carbocycles. The van der Waals surface area contributed by atoms with E-state index in [-0.39, 0.29) is 12.2 Å². The Labute approximate surface area is 120 Å². The van der Waals surface area contributed by atoms with Gasteiger partial charge in [-0.15, -0.1) is 0 Å². The van der Waals surface area contributed by atoms with Gasteiger partial charge in [0.15, 0.2) is 0 Å². The van der Waals surface area contributed by atoms with Crippen LogP contribution < -0.4 is 4.72 Å². The maximum Gasteiger partial charge on any atom is 0.306 e. The SMILES string of the molecule is COC(=O)CCS(=O)(=O)Nc1cc(I)ccc1C. The first-order chi connectivity index (χ1) is 8.34. The molecule has 0 aliphatic heterocycles. The minimum Gasteiger partial charge on any atom is -0.469 e. The van der Waals surface area contributed by atoms with Crippen molar-refractivity contribution in [3.8, 4) is 0 Å². The van der Waals surface area contributed by atoms with Crippen molar-refractivity contribution in [2.24, 2.45) is 0 Å². The molecule has 0 saturated carbocycles. The van der Waals surface area contributed by atoms with Gasteiger partial charge in [0.2, 0.25) is 10.0 Å². The topological polar surface area (TPSA) is 72.5 Å². The molecule has 5 nitrogen and oxygen atoms in total. The molecule has 0 amide bonds. The second-order valence-electron chi connectivity index (χ2n) is 3.71. The Balaban J connectivity index is 2.76. The molecular weight excluding hydrogens is 369 g/mol. The van der Waals surface area contributed by atoms with E-state index >= 15 is 0 Å². The van der Waals surface area contributed by atoms with Crippen molar-refractivity contribution >= 4 is 44.3 Å². The van der Waals surface area contributed by atoms with Crippen molar-refractivity contribution in [3.05, 3.63) is 27.3 Å². The summed E-state index contributed by atoms with van der Waals surface area (Å²) in [6.07, 6.45) is -0.158. The van der Waals surface area contributed by atoms with Gasteiger partial charge in [0.1, 0.15) is 0 Å². The van der Waals surface area contributed by atoms with Gasteiger partial charge in [0, 0.05) is 3.57 Å². The molecule has 100 valence electrons. The fourth-order valence-corrected chi connectivity index (χ4v) is 2.83. The molecule has 7 heteroatoms. The fourth-order valence-electron chi connectivity index (χ4n) is 1.24. The van der Waals surface area contributed by atoms with Crippen LogP contribution in [0.1, 0.15) is 12.0 Å². The van der Waals surface area contributed by atoms with Crippen LogP contribution in [0.3, 0.4) is 0 Å². The molecule has 18 heavy (non-hydrogen) atoms. The van der Waals surface area contributed by atoms with Crippen LogP contribution in [0.25, 0.3) is 0 Å². The summed E-state index contributed by atoms with van der Waals surface area (Å²) in [6, 6.07) is 5.47. The molecule has 1 N–H and O–H groups in total. The lowest BCUT2D eigenvalue weighted by Crippen LogP contribution is -2.20. The van der Waals surface area contributed by atoms with Crippen LogP contribution in [0.5, 0.6) is 0 Å². The highest BCUT2D eigenvalue weighted by Gasteiger charge is 2.14. The van der Waals surface area contributed by atoms with Crippen LogP contribution in [0.4, 0.5) is 5.69 Å². The van der Waals surface area contributed by atoms with Crippen LogP contribution in [0.2, 0.25) is 0 Å². The molecule has 0 spiro atoms. The minimum absolute atomic E-state index is 0.158. The number of ether oxygens (including phenoxy) is 1. The average Bonchev–Trinajstić information content (AvgIpc) is 2.30. The van der Waals surface area contributed by atoms with E-state index in [1.807, 2.05) is 19.1 Å². The van der Waals surface area contributed by atoms with Crippen LogP contribution in [-0.2, 0) is 19.6 Å². The predicted molar refractivity (Wildman–Crippen MR) is 77.9 cm³/mol. The molecule has 0 atom stereocenters. The first-order valence-corrected chi connectivity index (χ1v) is 7.90. The third-order valence-electron chi connectivity index (χ3n) is 2.27. The number of carbonyl (C=O) groups is 1. The molecule has 0 fully saturated rings. The Morgan fingerprint density at radius 2 is 2.11 bits per heavy atom. The molecule has 0 bridgehead atoms. The van der Waals surface area contributed by atoms with E-state index in [4.69, 9.17) is 0 Å². The lowest BCUT2D eigenvalue weighted by Gasteiger charge is -2.10. The smallest absolute Gasteiger partial charge is 0.306 e. The van der Waals surface area contributed by atoms with Crippen molar-refractivity contribution in [2.45, 2.75) is 13.3 Å². The first kappa shape index (κ1) is 15.2. The molecule has 0 radical (unpaired) electrons. The van der Waals surface area contributed by atoms with Gasteiger partial charge >= 0.3 is 5.97 Å². The second-order valence-corrected chi connectivity index (χ2v) is 6.79. The predicted octanol–water partition coefficient (Wildman–Crippen LogP) is 1.90. The van der Waals surface area contributed by atoms with E-state index in [2.05, 4.69) is 32.0 Å². The zero-order valence-corrected chi connectivity index (χ0v) is 13.0. The van der Waals surface area contributed by atoms with Gasteiger partial charge in [-0.05, 0) is 47.2 Å². The third kappa shape index (κ3) is 4.81. The Morgan fingerprint density at radius 3 is 2.72 bits per heavy atom. The summed E-state index contributed by atoms with van der Waals surface area (Å²) < 4.78 is 31.3. The molecule has 0 aliphatic rings. The highest BCUT2D eigenvalue weighted by molar-refractivity contribution is 14.1. The van der Waals surface area contributed by atoms with Crippen LogP contribution in [0.15, 0.2) is 18.2 Å². The monoisotopic (exact) mass is 383 g/mol. The number of carbonyl (C=O) groups excluding carboxylic acids is 1. The van der Waals surface area contributed by atoms with E-state index < -0.39 is 16.0 Å². The number of methoxy groups -OCH3 is 1. The Morgan fingerprint density at radius 1 is 1.44 bits per heavy atom. The largest absolute Gasteiger partial charge is 0.469 e. The van der Waals surface area contributed by atoms with Gasteiger partial charge in [-0.25, -0.2) is 8.42 Å². The van der Waals surface area contributed by atoms with Crippen molar-refractivity contribution in [1.82, 2.24) is 0 Å². The van der Waals surface area contributed by atoms with Gasteiger partial charge in [0.25, 0.3) is 0 Å². The number of aryl methyl sites for hydroxylation is 1. The summed E-state index contributed by atoms with van der Waals surface area (Å²) in [4.78, 5) is 10.9. The third-order valence-corrected chi connectivity index (χ3v) is 4.21. The van der Waals surface area contributed by atoms with Crippen molar-refractivity contribution in [2.75, 3.05) is 17.6 Å². The van der Waals surface area contributed by atoms with Gasteiger partial charge in [-0.3, -0.25) is 9.52 Å². The number of hydrogen-bond donors (Lipinski definition) is 1. The van der Waals surface area contributed by atoms with Gasteiger partial charge < -0.3 is 4.74 Å². The molecular formula is C11H14INO4S. The Kier molecular flexibility index (Phi) is 5.39. The zero-order valence-electron chi connectivity index (χ0n) is 10.1. The lowest BCUT2D eigenvalue weighted by molar-refractivity contribution is -0.140. The van der Waals surface area contributed by atoms with E-state index in [0.29, 0.717) is 5.69 Å². The minimum atomic E-state index is -3.53. The first-order valence-electron chi connectivity index (χ1n) is 5.17. The normalized spacial score (nSPS) is 11.1. The summed E-state index contributed by atoms with van der Waals surface area (Å²) in [6.45, 7) is 1.81. The number of nitrogens with one attached hydrogen (secondary N) is 1. The Hall–Kier alpha value is -0.830. The van der Waals surface area contributed by atoms with E-state index in [9.17, 15) is 13.2 Å². The van der Waals surface area contributed by atoms with E-state index in [0.717, 1.165) is 9.13 Å². The number of hydrogen-bond acceptors (Lipinski definition) is 4. The van der Waals surface area contributed by atoms with E-state index in [1.54, 1.807) is 6.07 Å². The summed E-state index contributed by atoms with van der Waals surface area (Å²) in [7, 11) is -2.30. The maximum absolute atomic E-state index is 11.8. The molecule has 1 aromatic rings. The molecule has 0 unspecified atom stereocenters. The van der Waals surface area contributed by atoms with Gasteiger partial charge in [-0.1, -0.05) is 6.07 Å². The van der Waals surface area contributed by atoms with Crippen molar-refractivity contribution < 1.29 is 17.9 Å². The van der Waals surface area contributed by atoms with Gasteiger partial charge in [0.05, 0.1) is 25.0 Å². The summed E-state index contributed by atoms with van der Waals surface area (Å²) >= 11 is 2.10. The lowest BCUT2D eigenvalue weighted by atomic mass is 10.2. The number of benzene rings is 1. The molecule has 1 rings (SSSR count). The second kappa shape index (κ2) is 6.37. The van der Waals surface area contributed by atoms with Crippen molar-refractivity contribution in [1.29, 1.82) is 0 Å². The number of rotatable bonds is 5. The maximum atomic E-state index is 11.8. The molecule has 0 heterocycles. The quantitative estimate of drug-likeness (QED) is 0.623. The molecule has 0 aromatic heterocycles.